The molecule has 6 heteroatoms. The van der Waals surface area contributed by atoms with Gasteiger partial charge in [-0.25, -0.2) is 0 Å². The van der Waals surface area contributed by atoms with Crippen LogP contribution in [0, 0.1) is 0 Å². The molecule has 0 saturated heterocycles. The van der Waals surface area contributed by atoms with Crippen molar-refractivity contribution < 1.29 is 0 Å². The van der Waals surface area contributed by atoms with E-state index >= 15 is 0 Å². The van der Waals surface area contributed by atoms with E-state index in [1.807, 2.05) is 10.9 Å². The van der Waals surface area contributed by atoms with Crippen molar-refractivity contribution in [1.29, 1.82) is 0 Å². The highest BCUT2D eigenvalue weighted by molar-refractivity contribution is 9.10. The van der Waals surface area contributed by atoms with Gasteiger partial charge in [0.15, 0.2) is 0 Å². The first kappa shape index (κ1) is 11.8. The average molecular weight is 301 g/mol. The lowest BCUT2D eigenvalue weighted by atomic mass is 10.4. The van der Waals surface area contributed by atoms with Crippen LogP contribution in [0.4, 0.5) is 0 Å². The molecule has 0 aromatic carbocycles. The van der Waals surface area contributed by atoms with Gasteiger partial charge in [-0.15, -0.1) is 16.4 Å². The van der Waals surface area contributed by atoms with Gasteiger partial charge in [0.05, 0.1) is 6.20 Å². The highest BCUT2D eigenvalue weighted by Gasteiger charge is 1.99. The largest absolute Gasteiger partial charge is 0.312 e. The lowest BCUT2D eigenvalue weighted by Crippen LogP contribution is -2.16. The maximum Gasteiger partial charge on any atom is 0.0692 e. The van der Waals surface area contributed by atoms with E-state index in [1.54, 1.807) is 17.5 Å². The van der Waals surface area contributed by atoms with E-state index in [2.05, 4.69) is 43.0 Å². The van der Waals surface area contributed by atoms with Crippen LogP contribution in [-0.2, 0) is 13.1 Å². The second-order valence-electron chi connectivity index (χ2n) is 3.39. The SMILES string of the molecule is Brc1ccsc1CNCCCn1ccnn1. The summed E-state index contributed by atoms with van der Waals surface area (Å²) in [4.78, 5) is 1.35. The molecule has 2 rings (SSSR count). The first-order valence-corrected chi connectivity index (χ1v) is 6.80. The van der Waals surface area contributed by atoms with E-state index in [9.17, 15) is 0 Å². The van der Waals surface area contributed by atoms with Crippen LogP contribution in [0.2, 0.25) is 0 Å². The Morgan fingerprint density at radius 1 is 1.50 bits per heavy atom. The van der Waals surface area contributed by atoms with Gasteiger partial charge in [-0.1, -0.05) is 5.21 Å². The summed E-state index contributed by atoms with van der Waals surface area (Å²) >= 11 is 5.28. The van der Waals surface area contributed by atoms with Crippen molar-refractivity contribution in [2.45, 2.75) is 19.5 Å². The Hall–Kier alpha value is -0.720. The second kappa shape index (κ2) is 6.12. The fourth-order valence-corrected chi connectivity index (χ4v) is 2.83. The number of hydrogen-bond acceptors (Lipinski definition) is 4. The van der Waals surface area contributed by atoms with Crippen LogP contribution in [0.25, 0.3) is 0 Å². The Labute approximate surface area is 107 Å². The zero-order chi connectivity index (χ0) is 11.2. The van der Waals surface area contributed by atoms with E-state index in [0.717, 1.165) is 26.1 Å². The van der Waals surface area contributed by atoms with Crippen LogP contribution in [0.3, 0.4) is 0 Å². The highest BCUT2D eigenvalue weighted by atomic mass is 79.9. The molecule has 0 spiro atoms. The molecule has 0 aliphatic rings. The van der Waals surface area contributed by atoms with Gasteiger partial charge in [0, 0.05) is 28.6 Å². The molecule has 0 atom stereocenters. The van der Waals surface area contributed by atoms with Crippen molar-refractivity contribution in [3.05, 3.63) is 33.2 Å². The molecule has 2 heterocycles. The molecule has 0 unspecified atom stereocenters. The minimum Gasteiger partial charge on any atom is -0.312 e. The smallest absolute Gasteiger partial charge is 0.0692 e. The molecule has 0 bridgehead atoms. The summed E-state index contributed by atoms with van der Waals surface area (Å²) in [5.74, 6) is 0. The number of thiophene rings is 1. The number of nitrogens with zero attached hydrogens (tertiary/aromatic N) is 3. The van der Waals surface area contributed by atoms with Crippen molar-refractivity contribution in [3.8, 4) is 0 Å². The van der Waals surface area contributed by atoms with E-state index in [1.165, 1.54) is 9.35 Å². The topological polar surface area (TPSA) is 42.7 Å². The Morgan fingerprint density at radius 2 is 2.44 bits per heavy atom. The molecule has 0 aliphatic carbocycles. The number of halogens is 1. The first-order chi connectivity index (χ1) is 7.86. The summed E-state index contributed by atoms with van der Waals surface area (Å²) in [5.41, 5.74) is 0. The maximum atomic E-state index is 3.91. The van der Waals surface area contributed by atoms with Crippen LogP contribution in [-0.4, -0.2) is 21.5 Å². The van der Waals surface area contributed by atoms with Gasteiger partial charge in [0.2, 0.25) is 0 Å². The van der Waals surface area contributed by atoms with Crippen molar-refractivity contribution in [2.24, 2.45) is 0 Å². The zero-order valence-corrected chi connectivity index (χ0v) is 11.2. The molecule has 86 valence electrons. The molecular formula is C10H13BrN4S. The summed E-state index contributed by atoms with van der Waals surface area (Å²) in [6.07, 6.45) is 4.65. The molecule has 0 radical (unpaired) electrons. The Morgan fingerprint density at radius 3 is 3.12 bits per heavy atom. The molecule has 1 N–H and O–H groups in total. The molecule has 0 fully saturated rings. The molecule has 0 aliphatic heterocycles. The van der Waals surface area contributed by atoms with E-state index in [4.69, 9.17) is 0 Å². The van der Waals surface area contributed by atoms with Crippen LogP contribution in [0.1, 0.15) is 11.3 Å². The predicted molar refractivity (Wildman–Crippen MR) is 68.4 cm³/mol. The third-order valence-electron chi connectivity index (χ3n) is 2.19. The molecule has 16 heavy (non-hydrogen) atoms. The van der Waals surface area contributed by atoms with Crippen LogP contribution in [0.15, 0.2) is 28.3 Å². The Balaban J connectivity index is 1.61. The summed E-state index contributed by atoms with van der Waals surface area (Å²) in [6.45, 7) is 2.83. The second-order valence-corrected chi connectivity index (χ2v) is 5.24. The van der Waals surface area contributed by atoms with Crippen molar-refractivity contribution in [1.82, 2.24) is 20.3 Å². The molecule has 2 aromatic heterocycles. The lowest BCUT2D eigenvalue weighted by Gasteiger charge is -2.03. The minimum atomic E-state index is 0.915. The van der Waals surface area contributed by atoms with Gasteiger partial charge in [0.1, 0.15) is 0 Å². The summed E-state index contributed by atoms with van der Waals surface area (Å²) in [7, 11) is 0. The van der Waals surface area contributed by atoms with Crippen molar-refractivity contribution in [3.63, 3.8) is 0 Å². The third kappa shape index (κ3) is 3.40. The number of aromatic nitrogens is 3. The predicted octanol–water partition coefficient (Wildman–Crippen LogP) is 2.28. The van der Waals surface area contributed by atoms with Crippen molar-refractivity contribution >= 4 is 27.3 Å². The third-order valence-corrected chi connectivity index (χ3v) is 4.12. The van der Waals surface area contributed by atoms with Gasteiger partial charge < -0.3 is 5.32 Å². The van der Waals surface area contributed by atoms with E-state index in [0.29, 0.717) is 0 Å². The molecule has 0 saturated carbocycles. The normalized spacial score (nSPS) is 10.8. The minimum absolute atomic E-state index is 0.915. The van der Waals surface area contributed by atoms with Gasteiger partial charge >= 0.3 is 0 Å². The van der Waals surface area contributed by atoms with Gasteiger partial charge in [0.25, 0.3) is 0 Å². The van der Waals surface area contributed by atoms with E-state index in [-0.39, 0.29) is 0 Å². The fraction of sp³-hybridized carbons (Fsp3) is 0.400. The van der Waals surface area contributed by atoms with Crippen LogP contribution >= 0.6 is 27.3 Å². The highest BCUT2D eigenvalue weighted by Crippen LogP contribution is 2.21. The number of aryl methyl sites for hydroxylation is 1. The average Bonchev–Trinajstić information content (AvgIpc) is 2.90. The van der Waals surface area contributed by atoms with Gasteiger partial charge in [-0.3, -0.25) is 4.68 Å². The van der Waals surface area contributed by atoms with Gasteiger partial charge in [-0.2, -0.15) is 0 Å². The number of nitrogens with one attached hydrogen (secondary N) is 1. The first-order valence-electron chi connectivity index (χ1n) is 5.13. The lowest BCUT2D eigenvalue weighted by molar-refractivity contribution is 0.531. The van der Waals surface area contributed by atoms with Crippen LogP contribution in [0.5, 0.6) is 0 Å². The van der Waals surface area contributed by atoms with E-state index < -0.39 is 0 Å². The van der Waals surface area contributed by atoms with Gasteiger partial charge in [-0.05, 0) is 40.3 Å². The molecular weight excluding hydrogens is 288 g/mol. The number of rotatable bonds is 6. The quantitative estimate of drug-likeness (QED) is 0.832. The monoisotopic (exact) mass is 300 g/mol. The number of hydrogen-bond donors (Lipinski definition) is 1. The van der Waals surface area contributed by atoms with Crippen molar-refractivity contribution in [2.75, 3.05) is 6.54 Å². The molecule has 0 amide bonds. The fourth-order valence-electron chi connectivity index (χ4n) is 1.37. The van der Waals surface area contributed by atoms with Crippen LogP contribution < -0.4 is 5.32 Å². The summed E-state index contributed by atoms with van der Waals surface area (Å²) < 4.78 is 3.05. The Kier molecular flexibility index (Phi) is 4.50. The standard InChI is InChI=1S/C10H13BrN4S/c11-9-2-7-16-10(9)8-12-3-1-5-15-6-4-13-14-15/h2,4,6-7,12H,1,3,5,8H2. The summed E-state index contributed by atoms with van der Waals surface area (Å²) in [5, 5.41) is 13.2. The maximum absolute atomic E-state index is 3.91. The molecule has 2 aromatic rings. The Bertz CT molecular complexity index is 412. The molecule has 4 nitrogen and oxygen atoms in total. The summed E-state index contributed by atoms with van der Waals surface area (Å²) in [6, 6.07) is 2.08. The zero-order valence-electron chi connectivity index (χ0n) is 8.77.